The quantitative estimate of drug-likeness (QED) is 0.158. The number of benzene rings is 6. The average Bonchev–Trinajstić information content (AvgIpc) is 3.62. The molecule has 6 aromatic rings. The maximum absolute atomic E-state index is 16.7. The standard InChI is InChI=1S/C47H44N4O2P2/c1-33-20-16-28-43(37(33)5)51-47-27-15-14-26-46(47)50(42-23-11-8-19-36(42)4)55(51,53)39-31-29-38(30-32-39)54(52)48(40-21-9-6-17-34(40)2)44-24-12-13-25-45(44)49(54)41-22-10-7-18-35(41)3/h6-33,37H,1-5H3. The van der Waals surface area contributed by atoms with E-state index >= 15 is 9.13 Å². The van der Waals surface area contributed by atoms with Crippen molar-refractivity contribution in [3.8, 4) is 0 Å². The molecule has 8 heteroatoms. The third-order valence-corrected chi connectivity index (χ3v) is 17.3. The van der Waals surface area contributed by atoms with Crippen LogP contribution < -0.4 is 29.3 Å². The van der Waals surface area contributed by atoms with Crippen LogP contribution in [0.25, 0.3) is 0 Å². The Morgan fingerprint density at radius 3 is 1.09 bits per heavy atom. The van der Waals surface area contributed by atoms with Crippen molar-refractivity contribution in [2.45, 2.75) is 34.6 Å². The molecule has 2 aliphatic heterocycles. The lowest BCUT2D eigenvalue weighted by Crippen LogP contribution is -2.33. The Hall–Kier alpha value is -5.54. The highest BCUT2D eigenvalue weighted by Gasteiger charge is 2.53. The lowest BCUT2D eigenvalue weighted by molar-refractivity contribution is 0.515. The van der Waals surface area contributed by atoms with Crippen LogP contribution in [0.1, 0.15) is 30.5 Å². The highest BCUT2D eigenvalue weighted by Crippen LogP contribution is 2.72. The Labute approximate surface area is 324 Å². The van der Waals surface area contributed by atoms with Crippen LogP contribution in [0.2, 0.25) is 0 Å². The van der Waals surface area contributed by atoms with Crippen molar-refractivity contribution in [3.05, 3.63) is 186 Å². The largest absolute Gasteiger partial charge is 0.301 e. The fraction of sp³-hybridized carbons (Fsp3) is 0.149. The van der Waals surface area contributed by atoms with Crippen LogP contribution in [-0.4, -0.2) is 0 Å². The van der Waals surface area contributed by atoms with E-state index in [2.05, 4.69) is 123 Å². The molecule has 3 aliphatic rings. The van der Waals surface area contributed by atoms with Crippen molar-refractivity contribution in [2.24, 2.45) is 11.8 Å². The van der Waals surface area contributed by atoms with E-state index in [1.807, 2.05) is 94.3 Å². The monoisotopic (exact) mass is 758 g/mol. The summed E-state index contributed by atoms with van der Waals surface area (Å²) in [6.07, 6.45) is 6.43. The topological polar surface area (TPSA) is 47.1 Å². The first-order chi connectivity index (χ1) is 26.7. The normalized spacial score (nSPS) is 21.1. The van der Waals surface area contributed by atoms with Gasteiger partial charge in [0.25, 0.3) is 0 Å². The molecule has 6 aromatic carbocycles. The first kappa shape index (κ1) is 35.2. The van der Waals surface area contributed by atoms with Crippen molar-refractivity contribution in [1.82, 2.24) is 0 Å². The average molecular weight is 759 g/mol. The minimum atomic E-state index is -3.67. The second kappa shape index (κ2) is 13.3. The van der Waals surface area contributed by atoms with Gasteiger partial charge in [-0.2, -0.15) is 0 Å². The molecule has 0 fully saturated rings. The number of hydrogen-bond acceptors (Lipinski definition) is 2. The van der Waals surface area contributed by atoms with Gasteiger partial charge in [0.1, 0.15) is 0 Å². The summed E-state index contributed by atoms with van der Waals surface area (Å²) in [6.45, 7) is 10.6. The van der Waals surface area contributed by atoms with Gasteiger partial charge in [0.2, 0.25) is 0 Å². The summed E-state index contributed by atoms with van der Waals surface area (Å²) in [6, 6.07) is 48.6. The molecule has 0 radical (unpaired) electrons. The van der Waals surface area contributed by atoms with E-state index in [-0.39, 0.29) is 11.8 Å². The first-order valence-electron chi connectivity index (χ1n) is 18.9. The summed E-state index contributed by atoms with van der Waals surface area (Å²) in [5.74, 6) is 0.394. The summed E-state index contributed by atoms with van der Waals surface area (Å²) in [5, 5.41) is 1.32. The SMILES string of the molecule is Cc1ccccc1N1c2ccccc2N(C2=CC=CC(C)C2C)P1(=O)c1ccc(P2(=O)N(c3ccccc3C)c3ccccc3N2c2ccccc2C)cc1. The molecule has 0 amide bonds. The van der Waals surface area contributed by atoms with E-state index in [9.17, 15) is 0 Å². The number of para-hydroxylation sites is 7. The van der Waals surface area contributed by atoms with Crippen LogP contribution in [0.5, 0.6) is 0 Å². The molecule has 274 valence electrons. The maximum Gasteiger partial charge on any atom is 0.301 e. The lowest BCUT2D eigenvalue weighted by Gasteiger charge is -2.38. The highest BCUT2D eigenvalue weighted by molar-refractivity contribution is 7.76. The van der Waals surface area contributed by atoms with Crippen LogP contribution in [0, 0.1) is 32.6 Å². The van der Waals surface area contributed by atoms with E-state index in [0.717, 1.165) is 62.2 Å². The van der Waals surface area contributed by atoms with Gasteiger partial charge in [-0.05, 0) is 116 Å². The van der Waals surface area contributed by atoms with Gasteiger partial charge in [0.15, 0.2) is 0 Å². The second-order valence-corrected chi connectivity index (χ2v) is 19.6. The molecule has 0 saturated carbocycles. The van der Waals surface area contributed by atoms with E-state index in [1.165, 1.54) is 0 Å². The van der Waals surface area contributed by atoms with Crippen molar-refractivity contribution >= 4 is 65.3 Å². The summed E-state index contributed by atoms with van der Waals surface area (Å²) in [7, 11) is -7.32. The molecule has 2 heterocycles. The molecule has 0 spiro atoms. The van der Waals surface area contributed by atoms with Crippen LogP contribution >= 0.6 is 14.9 Å². The van der Waals surface area contributed by atoms with Crippen LogP contribution in [-0.2, 0) is 9.13 Å². The van der Waals surface area contributed by atoms with Gasteiger partial charge in [0, 0.05) is 11.6 Å². The van der Waals surface area contributed by atoms with Crippen LogP contribution in [0.3, 0.4) is 0 Å². The predicted molar refractivity (Wildman–Crippen MR) is 232 cm³/mol. The molecular weight excluding hydrogens is 714 g/mol. The van der Waals surface area contributed by atoms with Gasteiger partial charge in [-0.25, -0.2) is 0 Å². The zero-order valence-electron chi connectivity index (χ0n) is 31.7. The number of nitrogens with zero attached hydrogens (tertiary/aromatic N) is 4. The Morgan fingerprint density at radius 1 is 0.418 bits per heavy atom. The van der Waals surface area contributed by atoms with Crippen LogP contribution in [0.4, 0.5) is 39.8 Å². The zero-order chi connectivity index (χ0) is 38.1. The maximum atomic E-state index is 16.7. The fourth-order valence-electron chi connectivity index (χ4n) is 8.42. The van der Waals surface area contributed by atoms with Gasteiger partial charge < -0.3 is 0 Å². The van der Waals surface area contributed by atoms with Crippen molar-refractivity contribution in [2.75, 3.05) is 18.7 Å². The molecule has 55 heavy (non-hydrogen) atoms. The van der Waals surface area contributed by atoms with Crippen molar-refractivity contribution in [3.63, 3.8) is 0 Å². The summed E-state index contributed by atoms with van der Waals surface area (Å²) < 4.78 is 41.5. The molecule has 6 nitrogen and oxygen atoms in total. The molecule has 0 saturated heterocycles. The molecule has 0 bridgehead atoms. The summed E-state index contributed by atoms with van der Waals surface area (Å²) >= 11 is 0. The number of rotatable bonds is 6. The van der Waals surface area contributed by atoms with Crippen LogP contribution in [0.15, 0.2) is 170 Å². The molecule has 0 aromatic heterocycles. The van der Waals surface area contributed by atoms with E-state index in [4.69, 9.17) is 0 Å². The summed E-state index contributed by atoms with van der Waals surface area (Å²) in [5.41, 5.74) is 10.3. The smallest absolute Gasteiger partial charge is 0.273 e. The minimum Gasteiger partial charge on any atom is -0.273 e. The first-order valence-corrected chi connectivity index (χ1v) is 22.1. The zero-order valence-corrected chi connectivity index (χ0v) is 33.5. The Kier molecular flexibility index (Phi) is 8.53. The Balaban J connectivity index is 1.28. The molecule has 3 atom stereocenters. The molecule has 9 rings (SSSR count). The van der Waals surface area contributed by atoms with E-state index < -0.39 is 14.9 Å². The van der Waals surface area contributed by atoms with E-state index in [0.29, 0.717) is 10.6 Å². The fourth-order valence-corrected chi connectivity index (χ4v) is 14.7. The van der Waals surface area contributed by atoms with Gasteiger partial charge in [-0.15, -0.1) is 0 Å². The third-order valence-electron chi connectivity index (χ3n) is 11.5. The lowest BCUT2D eigenvalue weighted by atomic mass is 9.88. The number of aryl methyl sites for hydroxylation is 3. The Bertz CT molecular complexity index is 2560. The molecule has 3 unspecified atom stereocenters. The van der Waals surface area contributed by atoms with Crippen molar-refractivity contribution in [1.29, 1.82) is 0 Å². The van der Waals surface area contributed by atoms with Gasteiger partial charge in [0.05, 0.1) is 50.4 Å². The Morgan fingerprint density at radius 2 is 0.727 bits per heavy atom. The second-order valence-electron chi connectivity index (χ2n) is 14.8. The van der Waals surface area contributed by atoms with Crippen molar-refractivity contribution < 1.29 is 9.13 Å². The van der Waals surface area contributed by atoms with Gasteiger partial charge in [-0.1, -0.05) is 105 Å². The molecule has 1 aliphatic carbocycles. The van der Waals surface area contributed by atoms with Gasteiger partial charge in [-0.3, -0.25) is 27.8 Å². The summed E-state index contributed by atoms with van der Waals surface area (Å²) in [4.78, 5) is 0. The number of allylic oxidation sites excluding steroid dienone is 4. The predicted octanol–water partition coefficient (Wildman–Crippen LogP) is 12.6. The van der Waals surface area contributed by atoms with Gasteiger partial charge >= 0.3 is 14.9 Å². The molecule has 0 N–H and O–H groups in total. The highest BCUT2D eigenvalue weighted by atomic mass is 31.2. The minimum absolute atomic E-state index is 0.126. The third kappa shape index (κ3) is 5.23. The molecular formula is C47H44N4O2P2. The number of fused-ring (bicyclic) bond motifs is 2. The number of hydrogen-bond donors (Lipinski definition) is 0. The van der Waals surface area contributed by atoms with E-state index in [1.54, 1.807) is 0 Å². The number of anilines is 7.